The van der Waals surface area contributed by atoms with Gasteiger partial charge in [0.1, 0.15) is 36.6 Å². The molecule has 0 aliphatic carbocycles. The van der Waals surface area contributed by atoms with E-state index in [2.05, 4.69) is 21.0 Å². The maximum Gasteiger partial charge on any atom is 0.325 e. The number of hydrazine groups is 1. The van der Waals surface area contributed by atoms with E-state index in [4.69, 9.17) is 9.47 Å². The number of esters is 1. The zero-order chi connectivity index (χ0) is 29.2. The number of hydrogen-bond acceptors (Lipinski definition) is 8. The lowest BCUT2D eigenvalue weighted by Gasteiger charge is -2.35. The van der Waals surface area contributed by atoms with Crippen LogP contribution in [0.5, 0.6) is 5.75 Å². The number of fused-ring (bicyclic) bond motifs is 4. The van der Waals surface area contributed by atoms with E-state index in [1.54, 1.807) is 39.8 Å². The van der Waals surface area contributed by atoms with Crippen LogP contribution >= 0.6 is 0 Å². The number of benzene rings is 1. The molecule has 1 fully saturated rings. The number of nitrogens with one attached hydrogen (secondary N) is 3. The van der Waals surface area contributed by atoms with Crippen LogP contribution in [0, 0.1) is 11.3 Å². The zero-order valence-corrected chi connectivity index (χ0v) is 23.9. The summed E-state index contributed by atoms with van der Waals surface area (Å²) in [6.45, 7) is 10.9. The molecule has 3 amide bonds. The summed E-state index contributed by atoms with van der Waals surface area (Å²) in [6, 6.07) is 6.69. The molecule has 11 heteroatoms. The van der Waals surface area contributed by atoms with Gasteiger partial charge in [-0.2, -0.15) is 0 Å². The van der Waals surface area contributed by atoms with Crippen LogP contribution in [0.1, 0.15) is 66.2 Å². The van der Waals surface area contributed by atoms with Gasteiger partial charge in [-0.05, 0) is 64.7 Å². The van der Waals surface area contributed by atoms with Crippen molar-refractivity contribution in [3.05, 3.63) is 36.0 Å². The second-order valence-electron chi connectivity index (χ2n) is 11.6. The molecule has 4 atom stereocenters. The molecule has 2 aromatic rings. The van der Waals surface area contributed by atoms with Crippen LogP contribution in [-0.2, 0) is 23.9 Å². The molecule has 0 radical (unpaired) electrons. The van der Waals surface area contributed by atoms with E-state index >= 15 is 0 Å². The molecule has 3 N–H and O–H groups in total. The average Bonchev–Trinajstić information content (AvgIpc) is 2.92. The fourth-order valence-corrected chi connectivity index (χ4v) is 4.66. The first-order valence-electron chi connectivity index (χ1n) is 13.8. The molecule has 1 aromatic carbocycles. The topological polar surface area (TPSA) is 139 Å². The van der Waals surface area contributed by atoms with Crippen molar-refractivity contribution in [1.29, 1.82) is 0 Å². The fraction of sp³-hybridized carbons (Fsp3) is 0.552. The van der Waals surface area contributed by atoms with E-state index in [-0.39, 0.29) is 18.4 Å². The standard InChI is InChI=1S/C29H39N5O6/c1-16(2)24-25(35)30-17(3)26(36)34-13-7-8-22(33-34)27(37)40-18(4)21-12-10-19-9-11-20(14-23(19)31-21)39-15-29(5,6)28(38)32-24/h9-12,14,16-18,22,24,33H,7-8,13,15H2,1-6H3,(H,30,35)(H,32,38)/t17-,18+,22+,24?/m0/s1. The number of pyridine rings is 1. The lowest BCUT2D eigenvalue weighted by Crippen LogP contribution is -2.61. The Balaban J connectivity index is 1.66. The highest BCUT2D eigenvalue weighted by molar-refractivity contribution is 5.93. The van der Waals surface area contributed by atoms with Gasteiger partial charge in [-0.15, -0.1) is 0 Å². The van der Waals surface area contributed by atoms with Gasteiger partial charge in [0.2, 0.25) is 11.8 Å². The Morgan fingerprint density at radius 2 is 1.77 bits per heavy atom. The van der Waals surface area contributed by atoms with Crippen molar-refractivity contribution in [2.45, 2.75) is 78.6 Å². The highest BCUT2D eigenvalue weighted by Gasteiger charge is 2.36. The fourth-order valence-electron chi connectivity index (χ4n) is 4.66. The molecule has 40 heavy (non-hydrogen) atoms. The third kappa shape index (κ3) is 6.52. The van der Waals surface area contributed by atoms with Gasteiger partial charge in [0.15, 0.2) is 0 Å². The van der Waals surface area contributed by atoms with Crippen LogP contribution in [0.25, 0.3) is 10.9 Å². The minimum absolute atomic E-state index is 0.0569. The first-order chi connectivity index (χ1) is 18.9. The molecule has 1 aromatic heterocycles. The summed E-state index contributed by atoms with van der Waals surface area (Å²) in [6.07, 6.45) is 0.459. The van der Waals surface area contributed by atoms with Crippen LogP contribution in [-0.4, -0.2) is 65.0 Å². The number of carbonyl (C=O) groups is 4. The number of rotatable bonds is 1. The molecular weight excluding hydrogens is 514 g/mol. The summed E-state index contributed by atoms with van der Waals surface area (Å²) < 4.78 is 11.7. The minimum Gasteiger partial charge on any atom is -0.492 e. The van der Waals surface area contributed by atoms with E-state index in [1.165, 1.54) is 5.01 Å². The van der Waals surface area contributed by atoms with Crippen molar-refractivity contribution >= 4 is 34.6 Å². The predicted molar refractivity (Wildman–Crippen MR) is 148 cm³/mol. The molecule has 216 valence electrons. The van der Waals surface area contributed by atoms with Crippen molar-refractivity contribution in [3.8, 4) is 5.75 Å². The van der Waals surface area contributed by atoms with Crippen LogP contribution in [0.3, 0.4) is 0 Å². The summed E-state index contributed by atoms with van der Waals surface area (Å²) in [4.78, 5) is 57.4. The number of aromatic nitrogens is 1. The van der Waals surface area contributed by atoms with Gasteiger partial charge in [0.05, 0.1) is 16.6 Å². The molecule has 2 aliphatic rings. The zero-order valence-electron chi connectivity index (χ0n) is 23.9. The number of cyclic esters (lactones) is 1. The van der Waals surface area contributed by atoms with Crippen LogP contribution < -0.4 is 20.8 Å². The van der Waals surface area contributed by atoms with Crippen LogP contribution in [0.2, 0.25) is 0 Å². The highest BCUT2D eigenvalue weighted by atomic mass is 16.5. The van der Waals surface area contributed by atoms with E-state index < -0.39 is 47.4 Å². The first-order valence-corrected chi connectivity index (χ1v) is 13.8. The lowest BCUT2D eigenvalue weighted by molar-refractivity contribution is -0.157. The van der Waals surface area contributed by atoms with E-state index in [0.29, 0.717) is 36.3 Å². The molecule has 11 nitrogen and oxygen atoms in total. The summed E-state index contributed by atoms with van der Waals surface area (Å²) in [5, 5.41) is 7.81. The minimum atomic E-state index is -0.965. The summed E-state index contributed by atoms with van der Waals surface area (Å²) in [5.41, 5.74) is 3.23. The van der Waals surface area contributed by atoms with Gasteiger partial charge in [-0.25, -0.2) is 10.4 Å². The van der Waals surface area contributed by atoms with Crippen molar-refractivity contribution < 1.29 is 28.7 Å². The van der Waals surface area contributed by atoms with Crippen molar-refractivity contribution in [2.24, 2.45) is 11.3 Å². The van der Waals surface area contributed by atoms with E-state index in [0.717, 1.165) is 5.39 Å². The average molecular weight is 554 g/mol. The van der Waals surface area contributed by atoms with E-state index in [9.17, 15) is 19.2 Å². The number of ether oxygens (including phenoxy) is 2. The molecule has 0 saturated carbocycles. The van der Waals surface area contributed by atoms with Gasteiger partial charge >= 0.3 is 5.97 Å². The smallest absolute Gasteiger partial charge is 0.325 e. The Morgan fingerprint density at radius 3 is 2.50 bits per heavy atom. The molecule has 2 aliphatic heterocycles. The molecule has 1 unspecified atom stereocenters. The number of amides is 3. The van der Waals surface area contributed by atoms with Crippen molar-refractivity contribution in [2.75, 3.05) is 13.2 Å². The highest BCUT2D eigenvalue weighted by Crippen LogP contribution is 2.26. The summed E-state index contributed by atoms with van der Waals surface area (Å²) >= 11 is 0. The quantitative estimate of drug-likeness (QED) is 0.458. The van der Waals surface area contributed by atoms with Crippen molar-refractivity contribution in [3.63, 3.8) is 0 Å². The van der Waals surface area contributed by atoms with Gasteiger partial charge in [-0.3, -0.25) is 24.2 Å². The summed E-state index contributed by atoms with van der Waals surface area (Å²) in [7, 11) is 0. The normalized spacial score (nSPS) is 26.6. The molecule has 0 spiro atoms. The molecular formula is C29H39N5O6. The number of carbonyl (C=O) groups excluding carboxylic acids is 4. The maximum atomic E-state index is 13.3. The third-order valence-electron chi connectivity index (χ3n) is 7.31. The Hall–Kier alpha value is -3.73. The van der Waals surface area contributed by atoms with Gasteiger partial charge < -0.3 is 20.1 Å². The van der Waals surface area contributed by atoms with Crippen LogP contribution in [0.15, 0.2) is 30.3 Å². The lowest BCUT2D eigenvalue weighted by atomic mass is 9.92. The third-order valence-corrected chi connectivity index (χ3v) is 7.31. The Morgan fingerprint density at radius 1 is 1.05 bits per heavy atom. The van der Waals surface area contributed by atoms with Crippen LogP contribution in [0.4, 0.5) is 0 Å². The molecule has 5 bridgehead atoms. The van der Waals surface area contributed by atoms with E-state index in [1.807, 2.05) is 32.0 Å². The second-order valence-corrected chi connectivity index (χ2v) is 11.6. The number of hydrogen-bond donors (Lipinski definition) is 3. The number of nitrogens with zero attached hydrogens (tertiary/aromatic N) is 2. The Labute approximate surface area is 234 Å². The maximum absolute atomic E-state index is 13.3. The molecule has 1 saturated heterocycles. The SMILES string of the molecule is CC(C)C1NC(=O)C(C)(C)COc2ccc3ccc(nc3c2)[C@@H](C)OC(=O)[C@H]2CCCN(N2)C(=O)[C@H](C)NC1=O. The second kappa shape index (κ2) is 11.8. The van der Waals surface area contributed by atoms with Gasteiger partial charge in [-0.1, -0.05) is 19.9 Å². The Kier molecular flexibility index (Phi) is 8.62. The monoisotopic (exact) mass is 553 g/mol. The van der Waals surface area contributed by atoms with Crippen molar-refractivity contribution in [1.82, 2.24) is 26.1 Å². The largest absolute Gasteiger partial charge is 0.492 e. The van der Waals surface area contributed by atoms with Gasteiger partial charge in [0, 0.05) is 18.0 Å². The first kappa shape index (κ1) is 29.3. The Bertz CT molecular complexity index is 1290. The molecule has 4 rings (SSSR count). The van der Waals surface area contributed by atoms with Gasteiger partial charge in [0.25, 0.3) is 5.91 Å². The molecule has 3 heterocycles. The predicted octanol–water partition coefficient (Wildman–Crippen LogP) is 2.40. The summed E-state index contributed by atoms with van der Waals surface area (Å²) in [5.74, 6) is -1.40.